The molecule has 0 aromatic heterocycles. The highest BCUT2D eigenvalue weighted by Gasteiger charge is 2.69. The zero-order valence-electron chi connectivity index (χ0n) is 23.5. The van der Waals surface area contributed by atoms with Gasteiger partial charge in [0.05, 0.1) is 26.4 Å². The number of hydrogen-bond acceptors (Lipinski definition) is 8. The Morgan fingerprint density at radius 3 is 2.44 bits per heavy atom. The molecule has 39 heavy (non-hydrogen) atoms. The van der Waals surface area contributed by atoms with Gasteiger partial charge in [-0.15, -0.1) is 12.3 Å². The molecule has 0 aromatic carbocycles. The third kappa shape index (κ3) is 4.27. The normalized spacial score (nSPS) is 41.6. The van der Waals surface area contributed by atoms with Gasteiger partial charge in [0.1, 0.15) is 12.7 Å². The highest BCUT2D eigenvalue weighted by Crippen LogP contribution is 2.70. The SMILES string of the molecule is C#CC[C@]12C[C@H](OC(C)=O)[C@H]3[C@@H](CC=C4CC5(CC[C@@]43C)OCCO5)[C@@H]1CC[C@@H]2C1(COC(C)=O)OCCO1. The molecule has 0 radical (unpaired) electrons. The lowest BCUT2D eigenvalue weighted by atomic mass is 9.45. The molecule has 0 bridgehead atoms. The Bertz CT molecular complexity index is 1060. The molecule has 0 unspecified atom stereocenters. The molecular weight excluding hydrogens is 500 g/mol. The van der Waals surface area contributed by atoms with Crippen LogP contribution in [-0.2, 0) is 38.0 Å². The molecule has 5 fully saturated rings. The molecule has 1 spiro atoms. The van der Waals surface area contributed by atoms with Crippen LogP contribution in [0.1, 0.15) is 72.1 Å². The Hall–Kier alpha value is -1.92. The monoisotopic (exact) mass is 542 g/mol. The minimum absolute atomic E-state index is 0.0439. The number of ether oxygens (including phenoxy) is 6. The molecule has 8 nitrogen and oxygen atoms in total. The average molecular weight is 543 g/mol. The van der Waals surface area contributed by atoms with Crippen molar-refractivity contribution >= 4 is 11.9 Å². The van der Waals surface area contributed by atoms with Crippen LogP contribution in [0.25, 0.3) is 0 Å². The lowest BCUT2D eigenvalue weighted by Gasteiger charge is -2.61. The van der Waals surface area contributed by atoms with Crippen molar-refractivity contribution in [2.75, 3.05) is 33.0 Å². The number of fused-ring (bicyclic) bond motifs is 5. The third-order valence-corrected chi connectivity index (χ3v) is 11.1. The van der Waals surface area contributed by atoms with E-state index in [9.17, 15) is 9.59 Å². The first-order valence-electron chi connectivity index (χ1n) is 14.7. The summed E-state index contributed by atoms with van der Waals surface area (Å²) in [5.41, 5.74) is 0.914. The van der Waals surface area contributed by atoms with Gasteiger partial charge in [-0.3, -0.25) is 9.59 Å². The second kappa shape index (κ2) is 9.87. The molecule has 2 saturated heterocycles. The van der Waals surface area contributed by atoms with Crippen LogP contribution >= 0.6 is 0 Å². The number of terminal acetylenes is 1. The Kier molecular flexibility index (Phi) is 6.90. The van der Waals surface area contributed by atoms with Crippen molar-refractivity contribution in [3.8, 4) is 12.3 Å². The van der Waals surface area contributed by atoms with Gasteiger partial charge in [0.2, 0.25) is 5.79 Å². The van der Waals surface area contributed by atoms with E-state index in [1.807, 2.05) is 0 Å². The van der Waals surface area contributed by atoms with E-state index in [1.165, 1.54) is 19.4 Å². The van der Waals surface area contributed by atoms with Gasteiger partial charge in [-0.25, -0.2) is 0 Å². The number of rotatable bonds is 5. The topological polar surface area (TPSA) is 89.5 Å². The van der Waals surface area contributed by atoms with Crippen LogP contribution in [-0.4, -0.2) is 62.7 Å². The first-order chi connectivity index (χ1) is 18.7. The number of allylic oxidation sites excluding steroid dienone is 1. The van der Waals surface area contributed by atoms with Crippen molar-refractivity contribution in [2.24, 2.45) is 34.5 Å². The predicted molar refractivity (Wildman–Crippen MR) is 140 cm³/mol. The quantitative estimate of drug-likeness (QED) is 0.291. The number of hydrogen-bond donors (Lipinski definition) is 0. The van der Waals surface area contributed by atoms with Gasteiger partial charge in [-0.2, -0.15) is 0 Å². The molecule has 3 saturated carbocycles. The van der Waals surface area contributed by atoms with Crippen LogP contribution in [0.2, 0.25) is 0 Å². The molecule has 2 aliphatic heterocycles. The van der Waals surface area contributed by atoms with Gasteiger partial charge < -0.3 is 28.4 Å². The molecule has 4 aliphatic carbocycles. The summed E-state index contributed by atoms with van der Waals surface area (Å²) >= 11 is 0. The lowest BCUT2D eigenvalue weighted by molar-refractivity contribution is -0.258. The van der Waals surface area contributed by atoms with Crippen LogP contribution in [0.15, 0.2) is 11.6 Å². The van der Waals surface area contributed by atoms with Crippen molar-refractivity contribution in [3.05, 3.63) is 11.6 Å². The molecule has 7 atom stereocenters. The molecule has 214 valence electrons. The standard InChI is InChI=1S/C31H42O8/c1-5-10-29-18-25(39-21(3)33)27-23(7-6-22-17-30(35-13-14-36-30)12-11-28(22,27)4)24(29)8-9-26(29)31(19-34-20(2)32)37-15-16-38-31/h1,6,23-27H,7-19H2,2-4H3/t23-,24-,25-,26-,27+,28-,29-/m0/s1. The molecule has 8 heteroatoms. The summed E-state index contributed by atoms with van der Waals surface area (Å²) in [5.74, 6) is 1.58. The van der Waals surface area contributed by atoms with Crippen molar-refractivity contribution < 1.29 is 38.0 Å². The summed E-state index contributed by atoms with van der Waals surface area (Å²) in [5, 5.41) is 0. The van der Waals surface area contributed by atoms with Crippen molar-refractivity contribution in [2.45, 2.75) is 89.8 Å². The fraction of sp³-hybridized carbons (Fsp3) is 0.806. The summed E-state index contributed by atoms with van der Waals surface area (Å²) in [6, 6.07) is 0. The smallest absolute Gasteiger partial charge is 0.302 e. The van der Waals surface area contributed by atoms with Crippen LogP contribution in [0.5, 0.6) is 0 Å². The van der Waals surface area contributed by atoms with Gasteiger partial charge in [0, 0.05) is 44.9 Å². The Balaban J connectivity index is 1.39. The molecule has 6 aliphatic rings. The van der Waals surface area contributed by atoms with Gasteiger partial charge >= 0.3 is 11.9 Å². The molecule has 0 aromatic rings. The minimum atomic E-state index is -1.03. The highest BCUT2D eigenvalue weighted by atomic mass is 16.8. The second-order valence-electron chi connectivity index (χ2n) is 12.8. The summed E-state index contributed by atoms with van der Waals surface area (Å²) in [6.45, 7) is 7.50. The maximum Gasteiger partial charge on any atom is 0.302 e. The van der Waals surface area contributed by atoms with E-state index in [0.717, 1.165) is 38.5 Å². The molecule has 6 rings (SSSR count). The Morgan fingerprint density at radius 1 is 1.05 bits per heavy atom. The summed E-state index contributed by atoms with van der Waals surface area (Å²) in [6.07, 6.45) is 14.7. The van der Waals surface area contributed by atoms with E-state index in [1.54, 1.807) is 0 Å². The van der Waals surface area contributed by atoms with Crippen molar-refractivity contribution in [3.63, 3.8) is 0 Å². The van der Waals surface area contributed by atoms with Gasteiger partial charge in [0.25, 0.3) is 0 Å². The summed E-state index contributed by atoms with van der Waals surface area (Å²) in [4.78, 5) is 24.4. The maximum absolute atomic E-state index is 12.6. The second-order valence-corrected chi connectivity index (χ2v) is 12.8. The molecule has 0 N–H and O–H groups in total. The van der Waals surface area contributed by atoms with Crippen molar-refractivity contribution in [1.29, 1.82) is 0 Å². The van der Waals surface area contributed by atoms with Crippen molar-refractivity contribution in [1.82, 2.24) is 0 Å². The first-order valence-corrected chi connectivity index (χ1v) is 14.7. The number of esters is 2. The average Bonchev–Trinajstić information content (AvgIpc) is 3.63. The number of carbonyl (C=O) groups excluding carboxylic acids is 2. The fourth-order valence-corrected chi connectivity index (χ4v) is 9.79. The minimum Gasteiger partial charge on any atom is -0.462 e. The maximum atomic E-state index is 12.6. The Morgan fingerprint density at radius 2 is 1.77 bits per heavy atom. The largest absolute Gasteiger partial charge is 0.462 e. The van der Waals surface area contributed by atoms with Crippen LogP contribution in [0.4, 0.5) is 0 Å². The van der Waals surface area contributed by atoms with E-state index in [-0.39, 0.29) is 47.3 Å². The van der Waals surface area contributed by atoms with E-state index in [4.69, 9.17) is 34.8 Å². The van der Waals surface area contributed by atoms with Gasteiger partial charge in [-0.1, -0.05) is 18.6 Å². The zero-order valence-corrected chi connectivity index (χ0v) is 23.5. The summed E-state index contributed by atoms with van der Waals surface area (Å²) in [7, 11) is 0. The fourth-order valence-electron chi connectivity index (χ4n) is 9.79. The molecule has 2 heterocycles. The van der Waals surface area contributed by atoms with E-state index in [0.29, 0.717) is 51.1 Å². The van der Waals surface area contributed by atoms with Crippen LogP contribution in [0, 0.1) is 46.8 Å². The number of carbonyl (C=O) groups is 2. The van der Waals surface area contributed by atoms with E-state index in [2.05, 4.69) is 18.9 Å². The third-order valence-electron chi connectivity index (χ3n) is 11.1. The predicted octanol–water partition coefficient (Wildman–Crippen LogP) is 4.16. The van der Waals surface area contributed by atoms with E-state index < -0.39 is 11.6 Å². The van der Waals surface area contributed by atoms with Gasteiger partial charge in [0.15, 0.2) is 5.79 Å². The zero-order chi connectivity index (χ0) is 27.5. The molecule has 0 amide bonds. The lowest BCUT2D eigenvalue weighted by Crippen LogP contribution is -2.61. The highest BCUT2D eigenvalue weighted by molar-refractivity contribution is 5.66. The Labute approximate surface area is 231 Å². The van der Waals surface area contributed by atoms with Crippen LogP contribution < -0.4 is 0 Å². The summed E-state index contributed by atoms with van der Waals surface area (Å²) < 4.78 is 36.6. The molecular formula is C31H42O8. The van der Waals surface area contributed by atoms with Gasteiger partial charge in [-0.05, 0) is 54.8 Å². The van der Waals surface area contributed by atoms with Crippen LogP contribution in [0.3, 0.4) is 0 Å². The van der Waals surface area contributed by atoms with E-state index >= 15 is 0 Å². The first kappa shape index (κ1) is 27.3.